The van der Waals surface area contributed by atoms with Crippen molar-refractivity contribution >= 4 is 33.4 Å². The maximum absolute atomic E-state index is 4.86. The van der Waals surface area contributed by atoms with E-state index in [0.717, 1.165) is 23.7 Å². The fourth-order valence-electron chi connectivity index (χ4n) is 3.47. The molecule has 1 aromatic heterocycles. The molecule has 112 valence electrons. The number of anilines is 2. The summed E-state index contributed by atoms with van der Waals surface area (Å²) in [5, 5.41) is 4.71. The molecular weight excluding hydrogens is 284 g/mol. The third-order valence-electron chi connectivity index (χ3n) is 4.51. The standard InChI is InChI=1S/C19H16N4/c1-21-13-22(17-12-6-8-14-7-2-3-9-15(14)17)19-20-16-10-4-5-11-18(16)23(19)21/h2-12H,13H2,1H3. The van der Waals surface area contributed by atoms with Gasteiger partial charge in [-0.2, -0.15) is 0 Å². The van der Waals surface area contributed by atoms with Gasteiger partial charge < -0.3 is 0 Å². The fraction of sp³-hybridized carbons (Fsp3) is 0.105. The van der Waals surface area contributed by atoms with Crippen molar-refractivity contribution < 1.29 is 0 Å². The molecule has 0 aliphatic carbocycles. The molecule has 0 fully saturated rings. The monoisotopic (exact) mass is 300 g/mol. The van der Waals surface area contributed by atoms with Crippen LogP contribution in [-0.4, -0.2) is 23.4 Å². The molecule has 4 aromatic rings. The first-order valence-electron chi connectivity index (χ1n) is 7.77. The first kappa shape index (κ1) is 12.5. The molecule has 4 nitrogen and oxygen atoms in total. The molecule has 2 heterocycles. The van der Waals surface area contributed by atoms with Gasteiger partial charge in [0.05, 0.1) is 16.7 Å². The maximum Gasteiger partial charge on any atom is 0.232 e. The normalized spacial score (nSPS) is 14.0. The number of rotatable bonds is 1. The number of aromatic nitrogens is 2. The highest BCUT2D eigenvalue weighted by Gasteiger charge is 2.29. The van der Waals surface area contributed by atoms with Crippen LogP contribution in [0, 0.1) is 0 Å². The maximum atomic E-state index is 4.86. The molecule has 0 unspecified atom stereocenters. The van der Waals surface area contributed by atoms with Crippen molar-refractivity contribution in [2.24, 2.45) is 0 Å². The van der Waals surface area contributed by atoms with Gasteiger partial charge in [0.1, 0.15) is 6.67 Å². The first-order valence-corrected chi connectivity index (χ1v) is 7.77. The largest absolute Gasteiger partial charge is 0.292 e. The van der Waals surface area contributed by atoms with Gasteiger partial charge in [-0.1, -0.05) is 48.5 Å². The molecule has 0 spiro atoms. The minimum Gasteiger partial charge on any atom is -0.292 e. The highest BCUT2D eigenvalue weighted by Crippen LogP contribution is 2.36. The fourth-order valence-corrected chi connectivity index (χ4v) is 3.47. The van der Waals surface area contributed by atoms with Gasteiger partial charge in [0, 0.05) is 12.4 Å². The number of para-hydroxylation sites is 2. The lowest BCUT2D eigenvalue weighted by Crippen LogP contribution is -2.29. The van der Waals surface area contributed by atoms with Crippen molar-refractivity contribution in [3.05, 3.63) is 66.7 Å². The van der Waals surface area contributed by atoms with Crippen LogP contribution in [0.15, 0.2) is 66.7 Å². The van der Waals surface area contributed by atoms with E-state index < -0.39 is 0 Å². The molecule has 1 aliphatic heterocycles. The van der Waals surface area contributed by atoms with Crippen molar-refractivity contribution in [2.45, 2.75) is 0 Å². The van der Waals surface area contributed by atoms with E-state index >= 15 is 0 Å². The summed E-state index contributed by atoms with van der Waals surface area (Å²) in [5.74, 6) is 0.977. The van der Waals surface area contributed by atoms with E-state index in [1.54, 1.807) is 0 Å². The van der Waals surface area contributed by atoms with E-state index in [2.05, 4.69) is 82.3 Å². The van der Waals surface area contributed by atoms with E-state index in [1.165, 1.54) is 16.5 Å². The second-order valence-corrected chi connectivity index (χ2v) is 5.94. The van der Waals surface area contributed by atoms with Crippen molar-refractivity contribution in [1.29, 1.82) is 0 Å². The zero-order chi connectivity index (χ0) is 15.4. The average Bonchev–Trinajstić information content (AvgIpc) is 3.12. The Morgan fingerprint density at radius 1 is 0.870 bits per heavy atom. The number of imidazole rings is 1. The van der Waals surface area contributed by atoms with Crippen molar-refractivity contribution in [1.82, 2.24) is 9.66 Å². The van der Waals surface area contributed by atoms with Gasteiger partial charge in [-0.3, -0.25) is 9.91 Å². The van der Waals surface area contributed by atoms with Crippen molar-refractivity contribution in [3.63, 3.8) is 0 Å². The van der Waals surface area contributed by atoms with Crippen LogP contribution in [0.25, 0.3) is 21.8 Å². The Morgan fingerprint density at radius 3 is 2.61 bits per heavy atom. The Bertz CT molecular complexity index is 1030. The molecule has 0 N–H and O–H groups in total. The van der Waals surface area contributed by atoms with Crippen LogP contribution in [0.4, 0.5) is 11.6 Å². The zero-order valence-corrected chi connectivity index (χ0v) is 12.8. The molecule has 5 rings (SSSR count). The Balaban J connectivity index is 1.77. The summed E-state index contributed by atoms with van der Waals surface area (Å²) in [4.78, 5) is 7.14. The van der Waals surface area contributed by atoms with Crippen molar-refractivity contribution in [3.8, 4) is 0 Å². The molecule has 1 aliphatic rings. The zero-order valence-electron chi connectivity index (χ0n) is 12.8. The number of fused-ring (bicyclic) bond motifs is 4. The quantitative estimate of drug-likeness (QED) is 0.533. The van der Waals surface area contributed by atoms with Crippen LogP contribution < -0.4 is 9.91 Å². The van der Waals surface area contributed by atoms with E-state index in [4.69, 9.17) is 4.98 Å². The van der Waals surface area contributed by atoms with Crippen molar-refractivity contribution in [2.75, 3.05) is 23.6 Å². The molecule has 23 heavy (non-hydrogen) atoms. The molecule has 0 bridgehead atoms. The summed E-state index contributed by atoms with van der Waals surface area (Å²) < 4.78 is 2.19. The van der Waals surface area contributed by atoms with E-state index in [9.17, 15) is 0 Å². The SMILES string of the molecule is CN1CN(c2cccc3ccccc23)c2nc3ccccc3n21. The van der Waals surface area contributed by atoms with Gasteiger partial charge in [0.15, 0.2) is 0 Å². The van der Waals surface area contributed by atoms with Gasteiger partial charge >= 0.3 is 0 Å². The highest BCUT2D eigenvalue weighted by atomic mass is 15.7. The Kier molecular flexibility index (Phi) is 2.45. The second-order valence-electron chi connectivity index (χ2n) is 5.94. The van der Waals surface area contributed by atoms with Gasteiger partial charge in [-0.15, -0.1) is 0 Å². The van der Waals surface area contributed by atoms with Crippen LogP contribution in [-0.2, 0) is 0 Å². The topological polar surface area (TPSA) is 24.3 Å². The lowest BCUT2D eigenvalue weighted by molar-refractivity contribution is 0.759. The first-order chi connectivity index (χ1) is 11.3. The van der Waals surface area contributed by atoms with Gasteiger partial charge in [0.2, 0.25) is 5.95 Å². The molecule has 0 amide bonds. The molecule has 4 heteroatoms. The number of hydrogen-bond donors (Lipinski definition) is 0. The van der Waals surface area contributed by atoms with E-state index in [0.29, 0.717) is 0 Å². The summed E-state index contributed by atoms with van der Waals surface area (Å²) in [6.45, 7) is 0.793. The molecule has 0 atom stereocenters. The molecule has 0 saturated heterocycles. The number of nitrogens with zero attached hydrogens (tertiary/aromatic N) is 4. The highest BCUT2D eigenvalue weighted by molar-refractivity contribution is 5.96. The summed E-state index contributed by atoms with van der Waals surface area (Å²) in [6.07, 6.45) is 0. The van der Waals surface area contributed by atoms with Crippen LogP contribution in [0.1, 0.15) is 0 Å². The van der Waals surface area contributed by atoms with Gasteiger partial charge in [-0.25, -0.2) is 9.66 Å². The molecule has 3 aromatic carbocycles. The summed E-state index contributed by atoms with van der Waals surface area (Å²) in [5.41, 5.74) is 3.37. The number of hydrogen-bond acceptors (Lipinski definition) is 3. The third-order valence-corrected chi connectivity index (χ3v) is 4.51. The minimum absolute atomic E-state index is 0.793. The minimum atomic E-state index is 0.793. The van der Waals surface area contributed by atoms with Crippen LogP contribution in [0.5, 0.6) is 0 Å². The molecule has 0 saturated carbocycles. The summed E-state index contributed by atoms with van der Waals surface area (Å²) >= 11 is 0. The lowest BCUT2D eigenvalue weighted by Gasteiger charge is -2.19. The lowest BCUT2D eigenvalue weighted by atomic mass is 10.1. The van der Waals surface area contributed by atoms with Crippen LogP contribution in [0.2, 0.25) is 0 Å². The second kappa shape index (κ2) is 4.49. The summed E-state index contributed by atoms with van der Waals surface area (Å²) in [6, 6.07) is 23.2. The van der Waals surface area contributed by atoms with Gasteiger partial charge in [0.25, 0.3) is 0 Å². The third kappa shape index (κ3) is 1.69. The van der Waals surface area contributed by atoms with E-state index in [1.807, 2.05) is 6.07 Å². The average molecular weight is 300 g/mol. The smallest absolute Gasteiger partial charge is 0.232 e. The molecule has 0 radical (unpaired) electrons. The summed E-state index contributed by atoms with van der Waals surface area (Å²) in [7, 11) is 2.10. The van der Waals surface area contributed by atoms with Crippen LogP contribution in [0.3, 0.4) is 0 Å². The van der Waals surface area contributed by atoms with Crippen LogP contribution >= 0.6 is 0 Å². The Labute approximate surface area is 134 Å². The Morgan fingerprint density at radius 2 is 1.65 bits per heavy atom. The molecular formula is C19H16N4. The van der Waals surface area contributed by atoms with E-state index in [-0.39, 0.29) is 0 Å². The van der Waals surface area contributed by atoms with Gasteiger partial charge in [-0.05, 0) is 23.6 Å². The number of benzene rings is 3. The predicted octanol–water partition coefficient (Wildman–Crippen LogP) is 3.87. The predicted molar refractivity (Wildman–Crippen MR) is 94.8 cm³/mol. The Hall–Kier alpha value is -3.01.